The maximum absolute atomic E-state index is 12.8. The van der Waals surface area contributed by atoms with Crippen molar-refractivity contribution < 1.29 is 14.3 Å². The summed E-state index contributed by atoms with van der Waals surface area (Å²) in [4.78, 5) is 29.6. The number of esters is 1. The second-order valence-corrected chi connectivity index (χ2v) is 7.49. The predicted molar refractivity (Wildman–Crippen MR) is 120 cm³/mol. The van der Waals surface area contributed by atoms with Gasteiger partial charge in [0.1, 0.15) is 0 Å². The van der Waals surface area contributed by atoms with Gasteiger partial charge >= 0.3 is 5.97 Å². The zero-order valence-corrected chi connectivity index (χ0v) is 17.4. The number of nitrogens with one attached hydrogen (secondary N) is 1. The predicted octanol–water partition coefficient (Wildman–Crippen LogP) is 5.46. The van der Waals surface area contributed by atoms with E-state index >= 15 is 0 Å². The van der Waals surface area contributed by atoms with Crippen molar-refractivity contribution in [1.29, 1.82) is 0 Å². The van der Waals surface area contributed by atoms with E-state index < -0.39 is 11.9 Å². The summed E-state index contributed by atoms with van der Waals surface area (Å²) in [6.45, 7) is -0.377. The molecule has 30 heavy (non-hydrogen) atoms. The number of hydrogen-bond donors (Lipinski definition) is 1. The molecule has 0 saturated heterocycles. The molecule has 4 aromatic rings. The van der Waals surface area contributed by atoms with Gasteiger partial charge in [-0.1, -0.05) is 64.5 Å². The molecular formula is C24H17BrN2O3. The summed E-state index contributed by atoms with van der Waals surface area (Å²) in [5, 5.41) is 3.37. The summed E-state index contributed by atoms with van der Waals surface area (Å²) in [5.41, 5.74) is 3.22. The Morgan fingerprint density at radius 1 is 0.900 bits per heavy atom. The molecule has 4 rings (SSSR count). The Morgan fingerprint density at radius 2 is 1.60 bits per heavy atom. The number of anilines is 1. The van der Waals surface area contributed by atoms with Crippen molar-refractivity contribution in [3.05, 3.63) is 95.0 Å². The molecule has 0 aliphatic rings. The number of rotatable bonds is 5. The molecule has 0 unspecified atom stereocenters. The molecular weight excluding hydrogens is 444 g/mol. The number of carbonyl (C=O) groups is 2. The normalized spacial score (nSPS) is 10.6. The van der Waals surface area contributed by atoms with Gasteiger partial charge in [0, 0.05) is 21.1 Å². The van der Waals surface area contributed by atoms with Crippen LogP contribution in [0, 0.1) is 0 Å². The van der Waals surface area contributed by atoms with Gasteiger partial charge in [-0.25, -0.2) is 9.78 Å². The van der Waals surface area contributed by atoms with E-state index in [4.69, 9.17) is 4.74 Å². The molecule has 0 bridgehead atoms. The summed E-state index contributed by atoms with van der Waals surface area (Å²) < 4.78 is 6.25. The van der Waals surface area contributed by atoms with Crippen LogP contribution in [0.5, 0.6) is 0 Å². The van der Waals surface area contributed by atoms with Gasteiger partial charge in [-0.2, -0.15) is 0 Å². The van der Waals surface area contributed by atoms with Gasteiger partial charge in [0.05, 0.1) is 16.8 Å². The third-order valence-electron chi connectivity index (χ3n) is 4.47. The molecule has 0 aliphatic carbocycles. The first-order valence-electron chi connectivity index (χ1n) is 9.28. The van der Waals surface area contributed by atoms with E-state index in [1.54, 1.807) is 18.2 Å². The highest BCUT2D eigenvalue weighted by Gasteiger charge is 2.16. The average Bonchev–Trinajstić information content (AvgIpc) is 2.78. The Hall–Kier alpha value is -3.51. The average molecular weight is 461 g/mol. The lowest BCUT2D eigenvalue weighted by Crippen LogP contribution is -2.21. The molecule has 1 N–H and O–H groups in total. The van der Waals surface area contributed by atoms with Gasteiger partial charge < -0.3 is 10.1 Å². The van der Waals surface area contributed by atoms with Crippen LogP contribution in [0.4, 0.5) is 5.69 Å². The molecule has 1 heterocycles. The summed E-state index contributed by atoms with van der Waals surface area (Å²) >= 11 is 3.42. The SMILES string of the molecule is O=C(COC(=O)c1cc(-c2ccc(Br)cc2)nc2ccccc12)Nc1ccccc1. The minimum Gasteiger partial charge on any atom is -0.452 e. The number of pyridine rings is 1. The highest BCUT2D eigenvalue weighted by atomic mass is 79.9. The highest BCUT2D eigenvalue weighted by Crippen LogP contribution is 2.26. The van der Waals surface area contributed by atoms with Gasteiger partial charge in [0.25, 0.3) is 5.91 Å². The molecule has 1 amide bonds. The lowest BCUT2D eigenvalue weighted by molar-refractivity contribution is -0.119. The third kappa shape index (κ3) is 4.55. The van der Waals surface area contributed by atoms with E-state index in [9.17, 15) is 9.59 Å². The van der Waals surface area contributed by atoms with Crippen molar-refractivity contribution in [2.75, 3.05) is 11.9 Å². The fourth-order valence-electron chi connectivity index (χ4n) is 3.04. The van der Waals surface area contributed by atoms with Crippen LogP contribution in [0.15, 0.2) is 89.4 Å². The van der Waals surface area contributed by atoms with Gasteiger partial charge in [0.15, 0.2) is 6.61 Å². The fourth-order valence-corrected chi connectivity index (χ4v) is 3.30. The minimum absolute atomic E-state index is 0.367. The van der Waals surface area contributed by atoms with Crippen LogP contribution in [0.25, 0.3) is 22.2 Å². The van der Waals surface area contributed by atoms with Gasteiger partial charge in [-0.15, -0.1) is 0 Å². The molecule has 148 valence electrons. The van der Waals surface area contributed by atoms with E-state index in [1.807, 2.05) is 66.7 Å². The number of hydrogen-bond acceptors (Lipinski definition) is 4. The van der Waals surface area contributed by atoms with E-state index in [0.29, 0.717) is 27.8 Å². The summed E-state index contributed by atoms with van der Waals surface area (Å²) in [6.07, 6.45) is 0. The van der Waals surface area contributed by atoms with Crippen molar-refractivity contribution in [2.24, 2.45) is 0 Å². The van der Waals surface area contributed by atoms with Crippen LogP contribution in [-0.2, 0) is 9.53 Å². The smallest absolute Gasteiger partial charge is 0.339 e. The number of ether oxygens (including phenoxy) is 1. The Labute approximate surface area is 181 Å². The first-order chi connectivity index (χ1) is 14.6. The van der Waals surface area contributed by atoms with Crippen molar-refractivity contribution in [2.45, 2.75) is 0 Å². The van der Waals surface area contributed by atoms with Crippen LogP contribution >= 0.6 is 15.9 Å². The molecule has 0 spiro atoms. The summed E-state index contributed by atoms with van der Waals surface area (Å²) in [7, 11) is 0. The molecule has 1 aromatic heterocycles. The van der Waals surface area contributed by atoms with Gasteiger partial charge in [-0.3, -0.25) is 4.79 Å². The van der Waals surface area contributed by atoms with E-state index in [2.05, 4.69) is 26.2 Å². The van der Waals surface area contributed by atoms with Crippen LogP contribution < -0.4 is 5.32 Å². The maximum Gasteiger partial charge on any atom is 0.339 e. The Bertz CT molecular complexity index is 1210. The zero-order chi connectivity index (χ0) is 20.9. The van der Waals surface area contributed by atoms with Crippen molar-refractivity contribution in [1.82, 2.24) is 4.98 Å². The number of amides is 1. The zero-order valence-electron chi connectivity index (χ0n) is 15.8. The fraction of sp³-hybridized carbons (Fsp3) is 0.0417. The largest absolute Gasteiger partial charge is 0.452 e. The van der Waals surface area contributed by atoms with Gasteiger partial charge in [0.2, 0.25) is 0 Å². The van der Waals surface area contributed by atoms with E-state index in [1.165, 1.54) is 0 Å². The quantitative estimate of drug-likeness (QED) is 0.401. The van der Waals surface area contributed by atoms with Crippen molar-refractivity contribution >= 4 is 44.4 Å². The number of para-hydroxylation sites is 2. The number of benzene rings is 3. The molecule has 0 radical (unpaired) electrons. The number of fused-ring (bicyclic) bond motifs is 1. The Kier molecular flexibility index (Phi) is 5.86. The number of halogens is 1. The monoisotopic (exact) mass is 460 g/mol. The summed E-state index contributed by atoms with van der Waals surface area (Å²) in [5.74, 6) is -0.976. The second-order valence-electron chi connectivity index (χ2n) is 6.57. The van der Waals surface area contributed by atoms with Crippen LogP contribution in [-0.4, -0.2) is 23.5 Å². The highest BCUT2D eigenvalue weighted by molar-refractivity contribution is 9.10. The first-order valence-corrected chi connectivity index (χ1v) is 10.1. The van der Waals surface area contributed by atoms with Crippen LogP contribution in [0.3, 0.4) is 0 Å². The molecule has 3 aromatic carbocycles. The molecule has 0 fully saturated rings. The number of aromatic nitrogens is 1. The standard InChI is InChI=1S/C24H17BrN2O3/c25-17-12-10-16(11-13-17)22-14-20(19-8-4-5-9-21(19)27-22)24(29)30-15-23(28)26-18-6-2-1-3-7-18/h1-14H,15H2,(H,26,28). The minimum atomic E-state index is -0.574. The summed E-state index contributed by atoms with van der Waals surface area (Å²) in [6, 6.07) is 25.7. The van der Waals surface area contributed by atoms with Crippen molar-refractivity contribution in [3.8, 4) is 11.3 Å². The maximum atomic E-state index is 12.8. The topological polar surface area (TPSA) is 68.3 Å². The lowest BCUT2D eigenvalue weighted by Gasteiger charge is -2.10. The molecule has 0 atom stereocenters. The van der Waals surface area contributed by atoms with Crippen molar-refractivity contribution in [3.63, 3.8) is 0 Å². The number of carbonyl (C=O) groups excluding carboxylic acids is 2. The van der Waals surface area contributed by atoms with E-state index in [0.717, 1.165) is 10.0 Å². The second kappa shape index (κ2) is 8.88. The molecule has 5 nitrogen and oxygen atoms in total. The third-order valence-corrected chi connectivity index (χ3v) is 5.00. The lowest BCUT2D eigenvalue weighted by atomic mass is 10.0. The van der Waals surface area contributed by atoms with Gasteiger partial charge in [-0.05, 0) is 36.4 Å². The molecule has 0 saturated carbocycles. The Morgan fingerprint density at radius 3 is 2.37 bits per heavy atom. The van der Waals surface area contributed by atoms with Crippen LogP contribution in [0.1, 0.15) is 10.4 Å². The molecule has 0 aliphatic heterocycles. The number of nitrogens with zero attached hydrogens (tertiary/aromatic N) is 1. The first kappa shape index (κ1) is 19.8. The van der Waals surface area contributed by atoms with E-state index in [-0.39, 0.29) is 6.61 Å². The Balaban J connectivity index is 1.58. The molecule has 6 heteroatoms. The van der Waals surface area contributed by atoms with Crippen LogP contribution in [0.2, 0.25) is 0 Å².